The van der Waals surface area contributed by atoms with Gasteiger partial charge in [-0.2, -0.15) is 0 Å². The Labute approximate surface area is 169 Å². The second-order valence-electron chi connectivity index (χ2n) is 6.01. The first-order valence-corrected chi connectivity index (χ1v) is 10.6. The SMILES string of the molecule is CCS(=O)(=O)c1ccc(NC(=O)COc2ccc(Oc3ccccn3)cc2)cc1. The molecule has 7 nitrogen and oxygen atoms in total. The van der Waals surface area contributed by atoms with Gasteiger partial charge in [-0.1, -0.05) is 13.0 Å². The van der Waals surface area contributed by atoms with Crippen molar-refractivity contribution in [2.75, 3.05) is 17.7 Å². The fourth-order valence-corrected chi connectivity index (χ4v) is 3.27. The van der Waals surface area contributed by atoms with Crippen LogP contribution >= 0.6 is 0 Å². The number of carbonyl (C=O) groups excluding carboxylic acids is 1. The highest BCUT2D eigenvalue weighted by Crippen LogP contribution is 2.22. The second kappa shape index (κ2) is 9.20. The molecule has 0 spiro atoms. The van der Waals surface area contributed by atoms with Crippen molar-refractivity contribution in [3.05, 3.63) is 72.9 Å². The zero-order chi connectivity index (χ0) is 20.7. The van der Waals surface area contributed by atoms with Crippen LogP contribution in [0.1, 0.15) is 6.92 Å². The summed E-state index contributed by atoms with van der Waals surface area (Å²) in [6, 6.07) is 18.2. The largest absolute Gasteiger partial charge is 0.484 e. The van der Waals surface area contributed by atoms with Gasteiger partial charge >= 0.3 is 0 Å². The summed E-state index contributed by atoms with van der Waals surface area (Å²) in [7, 11) is -3.26. The first kappa shape index (κ1) is 20.3. The van der Waals surface area contributed by atoms with Gasteiger partial charge in [0.25, 0.3) is 5.91 Å². The number of amides is 1. The van der Waals surface area contributed by atoms with Crippen LogP contribution in [0.2, 0.25) is 0 Å². The Morgan fingerprint density at radius 1 is 0.966 bits per heavy atom. The number of aromatic nitrogens is 1. The van der Waals surface area contributed by atoms with Crippen molar-refractivity contribution in [3.63, 3.8) is 0 Å². The Hall–Kier alpha value is -3.39. The van der Waals surface area contributed by atoms with Crippen molar-refractivity contribution in [2.45, 2.75) is 11.8 Å². The summed E-state index contributed by atoms with van der Waals surface area (Å²) in [4.78, 5) is 16.3. The van der Waals surface area contributed by atoms with E-state index in [0.717, 1.165) is 0 Å². The molecule has 1 N–H and O–H groups in total. The minimum absolute atomic E-state index is 0.0260. The van der Waals surface area contributed by atoms with E-state index in [1.54, 1.807) is 61.7 Å². The Kier molecular flexibility index (Phi) is 6.46. The standard InChI is InChI=1S/C21H20N2O5S/c1-2-29(25,26)19-12-6-16(7-13-19)23-20(24)15-27-17-8-10-18(11-9-17)28-21-5-3-4-14-22-21/h3-14H,2,15H2,1H3,(H,23,24). The Balaban J connectivity index is 1.50. The molecule has 29 heavy (non-hydrogen) atoms. The van der Waals surface area contributed by atoms with Gasteiger partial charge in [-0.25, -0.2) is 13.4 Å². The Morgan fingerprint density at radius 3 is 2.28 bits per heavy atom. The van der Waals surface area contributed by atoms with Crippen LogP contribution in [0.4, 0.5) is 5.69 Å². The number of ether oxygens (including phenoxy) is 2. The molecule has 1 aromatic heterocycles. The predicted octanol–water partition coefficient (Wildman–Crippen LogP) is 3.69. The van der Waals surface area contributed by atoms with Crippen LogP contribution in [0.15, 0.2) is 77.8 Å². The number of carbonyl (C=O) groups is 1. The molecule has 0 fully saturated rings. The third-order valence-electron chi connectivity index (χ3n) is 3.93. The van der Waals surface area contributed by atoms with E-state index in [0.29, 0.717) is 23.1 Å². The monoisotopic (exact) mass is 412 g/mol. The third-order valence-corrected chi connectivity index (χ3v) is 5.68. The molecule has 0 aliphatic rings. The first-order chi connectivity index (χ1) is 14.0. The van der Waals surface area contributed by atoms with E-state index < -0.39 is 9.84 Å². The van der Waals surface area contributed by atoms with E-state index in [1.165, 1.54) is 12.1 Å². The smallest absolute Gasteiger partial charge is 0.262 e. The van der Waals surface area contributed by atoms with Crippen LogP contribution in [-0.2, 0) is 14.6 Å². The maximum Gasteiger partial charge on any atom is 0.262 e. The average molecular weight is 412 g/mol. The zero-order valence-electron chi connectivity index (χ0n) is 15.7. The highest BCUT2D eigenvalue weighted by molar-refractivity contribution is 7.91. The van der Waals surface area contributed by atoms with Crippen molar-refractivity contribution in [2.24, 2.45) is 0 Å². The third kappa shape index (κ3) is 5.79. The number of sulfone groups is 1. The lowest BCUT2D eigenvalue weighted by atomic mass is 10.3. The van der Waals surface area contributed by atoms with E-state index >= 15 is 0 Å². The normalized spacial score (nSPS) is 10.9. The number of nitrogens with one attached hydrogen (secondary N) is 1. The molecule has 8 heteroatoms. The van der Waals surface area contributed by atoms with Gasteiger partial charge in [0.2, 0.25) is 5.88 Å². The summed E-state index contributed by atoms with van der Waals surface area (Å²) in [6.45, 7) is 1.40. The lowest BCUT2D eigenvalue weighted by Crippen LogP contribution is -2.20. The molecule has 0 aliphatic heterocycles. The molecule has 0 bridgehead atoms. The van der Waals surface area contributed by atoms with Gasteiger partial charge in [-0.15, -0.1) is 0 Å². The molecule has 0 atom stereocenters. The van der Waals surface area contributed by atoms with Crippen LogP contribution < -0.4 is 14.8 Å². The second-order valence-corrected chi connectivity index (χ2v) is 8.28. The molecular weight excluding hydrogens is 392 g/mol. The summed E-state index contributed by atoms with van der Waals surface area (Å²) in [5, 5.41) is 2.66. The van der Waals surface area contributed by atoms with Crippen molar-refractivity contribution in [3.8, 4) is 17.4 Å². The minimum atomic E-state index is -3.26. The Bertz CT molecular complexity index is 1050. The lowest BCUT2D eigenvalue weighted by molar-refractivity contribution is -0.118. The molecule has 0 unspecified atom stereocenters. The summed E-state index contributed by atoms with van der Waals surface area (Å²) in [5.41, 5.74) is 0.493. The number of hydrogen-bond acceptors (Lipinski definition) is 6. The van der Waals surface area contributed by atoms with Crippen molar-refractivity contribution in [1.82, 2.24) is 4.98 Å². The maximum atomic E-state index is 12.0. The number of rotatable bonds is 8. The Morgan fingerprint density at radius 2 is 1.66 bits per heavy atom. The first-order valence-electron chi connectivity index (χ1n) is 8.91. The summed E-state index contributed by atoms with van der Waals surface area (Å²) in [6.07, 6.45) is 1.64. The van der Waals surface area contributed by atoms with Gasteiger partial charge in [-0.05, 0) is 54.6 Å². The number of anilines is 1. The van der Waals surface area contributed by atoms with Gasteiger partial charge in [0, 0.05) is 18.0 Å². The minimum Gasteiger partial charge on any atom is -0.484 e. The van der Waals surface area contributed by atoms with E-state index in [2.05, 4.69) is 10.3 Å². The van der Waals surface area contributed by atoms with E-state index in [9.17, 15) is 13.2 Å². The molecule has 0 radical (unpaired) electrons. The van der Waals surface area contributed by atoms with Crippen molar-refractivity contribution < 1.29 is 22.7 Å². The topological polar surface area (TPSA) is 94.6 Å². The highest BCUT2D eigenvalue weighted by Gasteiger charge is 2.11. The number of pyridine rings is 1. The fourth-order valence-electron chi connectivity index (χ4n) is 2.39. The van der Waals surface area contributed by atoms with Gasteiger partial charge in [-0.3, -0.25) is 4.79 Å². The van der Waals surface area contributed by atoms with Crippen molar-refractivity contribution >= 4 is 21.4 Å². The van der Waals surface area contributed by atoms with Gasteiger partial charge < -0.3 is 14.8 Å². The van der Waals surface area contributed by atoms with Crippen molar-refractivity contribution in [1.29, 1.82) is 0 Å². The van der Waals surface area contributed by atoms with Gasteiger partial charge in [0.15, 0.2) is 16.4 Å². The zero-order valence-corrected chi connectivity index (χ0v) is 16.6. The number of nitrogens with zero attached hydrogens (tertiary/aromatic N) is 1. The maximum absolute atomic E-state index is 12.0. The predicted molar refractivity (Wildman–Crippen MR) is 109 cm³/mol. The highest BCUT2D eigenvalue weighted by atomic mass is 32.2. The fraction of sp³-hybridized carbons (Fsp3) is 0.143. The van der Waals surface area contributed by atoms with E-state index in [4.69, 9.17) is 9.47 Å². The molecule has 1 amide bonds. The molecule has 0 saturated carbocycles. The van der Waals surface area contributed by atoms with E-state index in [-0.39, 0.29) is 23.2 Å². The van der Waals surface area contributed by atoms with Crippen LogP contribution in [0, 0.1) is 0 Å². The molecular formula is C21H20N2O5S. The van der Waals surface area contributed by atoms with Crippen LogP contribution in [-0.4, -0.2) is 31.7 Å². The number of hydrogen-bond donors (Lipinski definition) is 1. The molecule has 3 rings (SSSR count). The lowest BCUT2D eigenvalue weighted by Gasteiger charge is -2.09. The summed E-state index contributed by atoms with van der Waals surface area (Å²) < 4.78 is 34.7. The van der Waals surface area contributed by atoms with Gasteiger partial charge in [0.05, 0.1) is 10.6 Å². The molecule has 150 valence electrons. The van der Waals surface area contributed by atoms with Crippen LogP contribution in [0.3, 0.4) is 0 Å². The summed E-state index contributed by atoms with van der Waals surface area (Å²) >= 11 is 0. The van der Waals surface area contributed by atoms with E-state index in [1.807, 2.05) is 6.07 Å². The molecule has 0 saturated heterocycles. The quantitative estimate of drug-likeness (QED) is 0.606. The molecule has 2 aromatic carbocycles. The van der Waals surface area contributed by atoms with Gasteiger partial charge in [0.1, 0.15) is 11.5 Å². The summed E-state index contributed by atoms with van der Waals surface area (Å²) in [5.74, 6) is 1.27. The molecule has 3 aromatic rings. The van der Waals surface area contributed by atoms with Crippen LogP contribution in [0.5, 0.6) is 17.4 Å². The number of benzene rings is 2. The molecule has 0 aliphatic carbocycles. The molecule has 1 heterocycles. The average Bonchev–Trinajstić information content (AvgIpc) is 2.74. The van der Waals surface area contributed by atoms with Crippen LogP contribution in [0.25, 0.3) is 0 Å².